The van der Waals surface area contributed by atoms with E-state index in [0.29, 0.717) is 0 Å². The normalized spacial score (nSPS) is 12.1. The summed E-state index contributed by atoms with van der Waals surface area (Å²) < 4.78 is 5.31. The molecule has 0 aliphatic heterocycles. The Kier molecular flexibility index (Phi) is 3.67. The number of rotatable bonds is 4. The number of carbonyl (C=O) groups excluding carboxylic acids is 1. The zero-order valence-electron chi connectivity index (χ0n) is 6.77. The molecule has 12 heavy (non-hydrogen) atoms. The van der Waals surface area contributed by atoms with Crippen molar-refractivity contribution in [1.29, 1.82) is 0 Å². The second-order valence-corrected chi connectivity index (χ2v) is 3.11. The summed E-state index contributed by atoms with van der Waals surface area (Å²) in [5.41, 5.74) is -0.396. The van der Waals surface area contributed by atoms with Crippen molar-refractivity contribution in [2.45, 2.75) is 5.44 Å². The minimum absolute atomic E-state index is 0.396. The van der Waals surface area contributed by atoms with Gasteiger partial charge in [0.1, 0.15) is 5.75 Å². The average molecular weight is 182 g/mol. The van der Waals surface area contributed by atoms with Crippen molar-refractivity contribution in [3.63, 3.8) is 0 Å². The van der Waals surface area contributed by atoms with E-state index in [2.05, 4.69) is 0 Å². The van der Waals surface area contributed by atoms with Gasteiger partial charge in [-0.2, -0.15) is 0 Å². The van der Waals surface area contributed by atoms with Gasteiger partial charge >= 0.3 is 0 Å². The highest BCUT2D eigenvalue weighted by molar-refractivity contribution is 7.99. The monoisotopic (exact) mass is 182 g/mol. The molecule has 0 amide bonds. The lowest BCUT2D eigenvalue weighted by Crippen LogP contribution is -2.12. The fraction of sp³-hybridized carbons (Fsp3) is 0.222. The lowest BCUT2D eigenvalue weighted by atomic mass is 10.3. The van der Waals surface area contributed by atoms with Gasteiger partial charge in [-0.15, -0.1) is 11.8 Å². The van der Waals surface area contributed by atoms with Crippen LogP contribution in [-0.4, -0.2) is 18.0 Å². The largest absolute Gasteiger partial charge is 0.472 e. The Bertz CT molecular complexity index is 236. The van der Waals surface area contributed by atoms with Crippen molar-refractivity contribution < 1.29 is 9.53 Å². The van der Waals surface area contributed by atoms with E-state index >= 15 is 0 Å². The predicted molar refractivity (Wildman–Crippen MR) is 50.4 cm³/mol. The quantitative estimate of drug-likeness (QED) is 0.526. The minimum Gasteiger partial charge on any atom is -0.472 e. The van der Waals surface area contributed by atoms with Gasteiger partial charge in [-0.3, -0.25) is 4.79 Å². The molecule has 3 heteroatoms. The molecule has 0 aromatic heterocycles. The Hall–Kier alpha value is -0.960. The molecule has 2 nitrogen and oxygen atoms in total. The van der Waals surface area contributed by atoms with E-state index in [-0.39, 0.29) is 0 Å². The van der Waals surface area contributed by atoms with Crippen LogP contribution in [0.3, 0.4) is 0 Å². The maximum atomic E-state index is 10.4. The number of carbonyl (C=O) groups is 1. The summed E-state index contributed by atoms with van der Waals surface area (Å²) in [5, 5.41) is 0. The second-order valence-electron chi connectivity index (χ2n) is 2.17. The molecule has 0 aliphatic rings. The molecule has 0 aliphatic carbocycles. The summed E-state index contributed by atoms with van der Waals surface area (Å²) >= 11 is 1.37. The van der Waals surface area contributed by atoms with Crippen LogP contribution < -0.4 is 4.74 Å². The lowest BCUT2D eigenvalue weighted by Gasteiger charge is -2.09. The minimum atomic E-state index is -0.396. The molecule has 1 unspecified atom stereocenters. The molecule has 0 heterocycles. The number of thioether (sulfide) groups is 1. The molecule has 1 aromatic carbocycles. The van der Waals surface area contributed by atoms with Crippen molar-refractivity contribution in [2.24, 2.45) is 0 Å². The standard InChI is InChI=1S/C9H10O2S/c1-12-9(7-10)11-8-5-3-2-4-6-8/h2-7,9H,1H3. The van der Waals surface area contributed by atoms with E-state index in [1.54, 1.807) is 0 Å². The summed E-state index contributed by atoms with van der Waals surface area (Å²) in [6.07, 6.45) is 2.62. The number of para-hydroxylation sites is 1. The zero-order chi connectivity index (χ0) is 8.81. The summed E-state index contributed by atoms with van der Waals surface area (Å²) in [6, 6.07) is 9.30. The van der Waals surface area contributed by atoms with Crippen molar-refractivity contribution in [2.75, 3.05) is 6.26 Å². The molecular formula is C9H10O2S. The predicted octanol–water partition coefficient (Wildman–Crippen LogP) is 1.95. The Labute approximate surface area is 75.9 Å². The zero-order valence-corrected chi connectivity index (χ0v) is 7.58. The maximum Gasteiger partial charge on any atom is 0.199 e. The highest BCUT2D eigenvalue weighted by atomic mass is 32.2. The summed E-state index contributed by atoms with van der Waals surface area (Å²) in [6.45, 7) is 0. The van der Waals surface area contributed by atoms with Crippen LogP contribution in [0.5, 0.6) is 5.75 Å². The van der Waals surface area contributed by atoms with E-state index < -0.39 is 5.44 Å². The Morgan fingerprint density at radius 3 is 2.58 bits per heavy atom. The van der Waals surface area contributed by atoms with Crippen molar-refractivity contribution in [3.05, 3.63) is 30.3 Å². The molecule has 0 spiro atoms. The Morgan fingerprint density at radius 1 is 1.42 bits per heavy atom. The van der Waals surface area contributed by atoms with E-state index in [4.69, 9.17) is 4.74 Å². The van der Waals surface area contributed by atoms with Gasteiger partial charge < -0.3 is 4.74 Å². The second kappa shape index (κ2) is 4.83. The number of hydrogen-bond acceptors (Lipinski definition) is 3. The SMILES string of the molecule is CSC(C=O)Oc1ccccc1. The average Bonchev–Trinajstić information content (AvgIpc) is 2.16. The molecule has 1 atom stereocenters. The summed E-state index contributed by atoms with van der Waals surface area (Å²) in [7, 11) is 0. The highest BCUT2D eigenvalue weighted by Gasteiger charge is 2.04. The van der Waals surface area contributed by atoms with Gasteiger partial charge in [0.05, 0.1) is 0 Å². The molecule has 64 valence electrons. The van der Waals surface area contributed by atoms with E-state index in [1.807, 2.05) is 36.6 Å². The van der Waals surface area contributed by atoms with Crippen LogP contribution >= 0.6 is 11.8 Å². The smallest absolute Gasteiger partial charge is 0.199 e. The number of hydrogen-bond donors (Lipinski definition) is 0. The topological polar surface area (TPSA) is 26.3 Å². The van der Waals surface area contributed by atoms with Crippen molar-refractivity contribution in [3.8, 4) is 5.75 Å². The summed E-state index contributed by atoms with van der Waals surface area (Å²) in [5.74, 6) is 0.726. The van der Waals surface area contributed by atoms with Crippen LogP contribution in [0, 0.1) is 0 Å². The van der Waals surface area contributed by atoms with Crippen molar-refractivity contribution >= 4 is 18.0 Å². The number of aldehydes is 1. The van der Waals surface area contributed by atoms with Crippen LogP contribution in [-0.2, 0) is 4.79 Å². The molecular weight excluding hydrogens is 172 g/mol. The van der Waals surface area contributed by atoms with Gasteiger partial charge in [-0.05, 0) is 18.4 Å². The number of ether oxygens (including phenoxy) is 1. The van der Waals surface area contributed by atoms with E-state index in [1.165, 1.54) is 11.8 Å². The van der Waals surface area contributed by atoms with Crippen molar-refractivity contribution in [1.82, 2.24) is 0 Å². The van der Waals surface area contributed by atoms with Gasteiger partial charge in [0.2, 0.25) is 0 Å². The third kappa shape index (κ3) is 2.58. The summed E-state index contributed by atoms with van der Waals surface area (Å²) in [4.78, 5) is 10.4. The third-order valence-corrected chi connectivity index (χ3v) is 2.01. The molecule has 0 radical (unpaired) electrons. The first-order chi connectivity index (χ1) is 5.86. The molecule has 0 saturated heterocycles. The van der Waals surface area contributed by atoms with Gasteiger partial charge in [-0.25, -0.2) is 0 Å². The molecule has 0 bridgehead atoms. The third-order valence-electron chi connectivity index (χ3n) is 1.34. The van der Waals surface area contributed by atoms with Crippen LogP contribution in [0.1, 0.15) is 0 Å². The molecule has 1 rings (SSSR count). The maximum absolute atomic E-state index is 10.4. The highest BCUT2D eigenvalue weighted by Crippen LogP contribution is 2.14. The Balaban J connectivity index is 2.56. The molecule has 0 fully saturated rings. The molecule has 1 aromatic rings. The van der Waals surface area contributed by atoms with Crippen LogP contribution in [0.2, 0.25) is 0 Å². The van der Waals surface area contributed by atoms with E-state index in [0.717, 1.165) is 12.0 Å². The van der Waals surface area contributed by atoms with Gasteiger partial charge in [0, 0.05) is 0 Å². The van der Waals surface area contributed by atoms with Crippen LogP contribution in [0.15, 0.2) is 30.3 Å². The molecule has 0 saturated carbocycles. The van der Waals surface area contributed by atoms with Crippen LogP contribution in [0.4, 0.5) is 0 Å². The van der Waals surface area contributed by atoms with Gasteiger partial charge in [-0.1, -0.05) is 18.2 Å². The first-order valence-corrected chi connectivity index (χ1v) is 4.85. The Morgan fingerprint density at radius 2 is 2.08 bits per heavy atom. The number of benzene rings is 1. The fourth-order valence-corrected chi connectivity index (χ4v) is 1.08. The van der Waals surface area contributed by atoms with Crippen LogP contribution in [0.25, 0.3) is 0 Å². The first kappa shape index (κ1) is 9.13. The molecule has 0 N–H and O–H groups in total. The first-order valence-electron chi connectivity index (χ1n) is 3.56. The fourth-order valence-electron chi connectivity index (χ4n) is 0.765. The lowest BCUT2D eigenvalue weighted by molar-refractivity contribution is -0.110. The van der Waals surface area contributed by atoms with E-state index in [9.17, 15) is 4.79 Å². The van der Waals surface area contributed by atoms with Gasteiger partial charge in [0.15, 0.2) is 11.7 Å². The van der Waals surface area contributed by atoms with Gasteiger partial charge in [0.25, 0.3) is 0 Å².